The zero-order chi connectivity index (χ0) is 17.5. The SMILES string of the molecule is Cc1sc(=O)n(CC(=O)N2CC[C@@H](c3ccccc3)C2(C)C)c1C. The zero-order valence-electron chi connectivity index (χ0n) is 14.7. The molecule has 128 valence electrons. The number of likely N-dealkylation sites (tertiary alicyclic amines) is 1. The van der Waals surface area contributed by atoms with E-state index >= 15 is 0 Å². The summed E-state index contributed by atoms with van der Waals surface area (Å²) in [4.78, 5) is 27.8. The Morgan fingerprint density at radius 1 is 1.25 bits per heavy atom. The second-order valence-electron chi connectivity index (χ2n) is 7.05. The van der Waals surface area contributed by atoms with Crippen molar-refractivity contribution in [3.05, 3.63) is 56.1 Å². The number of rotatable bonds is 3. The van der Waals surface area contributed by atoms with Crippen molar-refractivity contribution in [1.82, 2.24) is 9.47 Å². The van der Waals surface area contributed by atoms with Crippen molar-refractivity contribution >= 4 is 17.2 Å². The van der Waals surface area contributed by atoms with Crippen molar-refractivity contribution in [2.75, 3.05) is 6.54 Å². The molecular weight excluding hydrogens is 320 g/mol. The Labute approximate surface area is 146 Å². The first-order valence-electron chi connectivity index (χ1n) is 8.34. The van der Waals surface area contributed by atoms with E-state index in [1.165, 1.54) is 16.9 Å². The van der Waals surface area contributed by atoms with Gasteiger partial charge in [0.05, 0.1) is 0 Å². The summed E-state index contributed by atoms with van der Waals surface area (Å²) in [5, 5.41) is 0. The lowest BCUT2D eigenvalue weighted by molar-refractivity contribution is -0.135. The fourth-order valence-corrected chi connectivity index (χ4v) is 4.62. The van der Waals surface area contributed by atoms with Gasteiger partial charge in [-0.05, 0) is 39.7 Å². The number of hydrogen-bond acceptors (Lipinski definition) is 3. The molecule has 0 saturated carbocycles. The first-order chi connectivity index (χ1) is 11.3. The fraction of sp³-hybridized carbons (Fsp3) is 0.474. The fourth-order valence-electron chi connectivity index (χ4n) is 3.78. The van der Waals surface area contributed by atoms with Crippen LogP contribution in [0.1, 0.15) is 42.3 Å². The van der Waals surface area contributed by atoms with Crippen LogP contribution in [0.5, 0.6) is 0 Å². The second kappa shape index (κ2) is 6.20. The highest BCUT2D eigenvalue weighted by atomic mass is 32.1. The van der Waals surface area contributed by atoms with Gasteiger partial charge in [0, 0.05) is 28.6 Å². The number of thiazole rings is 1. The molecule has 1 atom stereocenters. The summed E-state index contributed by atoms with van der Waals surface area (Å²) in [5.41, 5.74) is 1.92. The third-order valence-corrected chi connectivity index (χ3v) is 6.36. The minimum Gasteiger partial charge on any atom is -0.335 e. The molecule has 0 bridgehead atoms. The van der Waals surface area contributed by atoms with Gasteiger partial charge in [0.25, 0.3) is 0 Å². The number of carbonyl (C=O) groups is 1. The Bertz CT molecular complexity index is 805. The van der Waals surface area contributed by atoms with Gasteiger partial charge in [-0.3, -0.25) is 14.2 Å². The molecule has 0 aliphatic carbocycles. The van der Waals surface area contributed by atoms with Gasteiger partial charge in [-0.25, -0.2) is 0 Å². The molecule has 0 spiro atoms. The summed E-state index contributed by atoms with van der Waals surface area (Å²) in [7, 11) is 0. The van der Waals surface area contributed by atoms with Crippen LogP contribution in [0.2, 0.25) is 0 Å². The molecule has 0 radical (unpaired) electrons. The predicted molar refractivity (Wildman–Crippen MR) is 97.6 cm³/mol. The van der Waals surface area contributed by atoms with Crippen LogP contribution >= 0.6 is 11.3 Å². The highest BCUT2D eigenvalue weighted by Gasteiger charge is 2.44. The minimum absolute atomic E-state index is 0.0291. The van der Waals surface area contributed by atoms with Crippen LogP contribution in [-0.2, 0) is 11.3 Å². The number of amides is 1. The Hall–Kier alpha value is -1.88. The highest BCUT2D eigenvalue weighted by molar-refractivity contribution is 7.09. The summed E-state index contributed by atoms with van der Waals surface area (Å²) >= 11 is 1.21. The van der Waals surface area contributed by atoms with Gasteiger partial charge >= 0.3 is 4.87 Å². The summed E-state index contributed by atoms with van der Waals surface area (Å²) in [6.07, 6.45) is 0.958. The van der Waals surface area contributed by atoms with Gasteiger partial charge in [0.2, 0.25) is 5.91 Å². The quantitative estimate of drug-likeness (QED) is 0.857. The third-order valence-electron chi connectivity index (χ3n) is 5.36. The van der Waals surface area contributed by atoms with Gasteiger partial charge in [0.15, 0.2) is 0 Å². The Kier molecular flexibility index (Phi) is 4.38. The standard InChI is InChI=1S/C19H24N2O2S/c1-13-14(2)24-18(23)20(13)12-17(22)21-11-10-16(19(21,3)4)15-8-6-5-7-9-15/h5-9,16H,10-12H2,1-4H3/t16-/m0/s1. The van der Waals surface area contributed by atoms with Crippen molar-refractivity contribution in [2.45, 2.75) is 52.1 Å². The first kappa shape index (κ1) is 17.0. The van der Waals surface area contributed by atoms with E-state index in [1.54, 1.807) is 4.57 Å². The van der Waals surface area contributed by atoms with Crippen molar-refractivity contribution < 1.29 is 4.79 Å². The third kappa shape index (κ3) is 2.81. The zero-order valence-corrected chi connectivity index (χ0v) is 15.5. The minimum atomic E-state index is -0.249. The summed E-state index contributed by atoms with van der Waals surface area (Å²) in [6.45, 7) is 8.96. The van der Waals surface area contributed by atoms with Gasteiger partial charge < -0.3 is 4.90 Å². The number of hydrogen-bond donors (Lipinski definition) is 0. The normalized spacial score (nSPS) is 19.7. The molecule has 1 aliphatic rings. The number of benzene rings is 1. The van der Waals surface area contributed by atoms with Crippen LogP contribution in [0.15, 0.2) is 35.1 Å². The van der Waals surface area contributed by atoms with Crippen LogP contribution < -0.4 is 4.87 Å². The number of carbonyl (C=O) groups excluding carboxylic acids is 1. The molecule has 24 heavy (non-hydrogen) atoms. The van der Waals surface area contributed by atoms with Crippen LogP contribution in [0.4, 0.5) is 0 Å². The first-order valence-corrected chi connectivity index (χ1v) is 9.16. The Morgan fingerprint density at radius 3 is 2.50 bits per heavy atom. The maximum absolute atomic E-state index is 12.9. The van der Waals surface area contributed by atoms with Crippen LogP contribution in [-0.4, -0.2) is 27.5 Å². The predicted octanol–water partition coefficient (Wildman–Crippen LogP) is 3.32. The lowest BCUT2D eigenvalue weighted by Crippen LogP contribution is -2.47. The monoisotopic (exact) mass is 344 g/mol. The van der Waals surface area contributed by atoms with Crippen molar-refractivity contribution in [2.24, 2.45) is 0 Å². The van der Waals surface area contributed by atoms with E-state index in [1.807, 2.05) is 36.9 Å². The number of nitrogens with zero attached hydrogens (tertiary/aromatic N) is 2. The van der Waals surface area contributed by atoms with Gasteiger partial charge in [0.1, 0.15) is 6.54 Å². The smallest absolute Gasteiger partial charge is 0.308 e. The molecule has 0 N–H and O–H groups in total. The molecule has 5 heteroatoms. The molecule has 1 aromatic heterocycles. The number of aryl methyl sites for hydroxylation is 1. The molecule has 1 fully saturated rings. The molecule has 1 aromatic carbocycles. The average Bonchev–Trinajstić information content (AvgIpc) is 2.98. The van der Waals surface area contributed by atoms with Gasteiger partial charge in [-0.15, -0.1) is 0 Å². The van der Waals surface area contributed by atoms with E-state index in [4.69, 9.17) is 0 Å². The molecule has 1 saturated heterocycles. The lowest BCUT2D eigenvalue weighted by atomic mass is 9.83. The molecule has 3 rings (SSSR count). The van der Waals surface area contributed by atoms with E-state index in [2.05, 4.69) is 26.0 Å². The second-order valence-corrected chi connectivity index (χ2v) is 8.21. The van der Waals surface area contributed by atoms with Gasteiger partial charge in [-0.2, -0.15) is 0 Å². The Balaban J connectivity index is 1.82. The van der Waals surface area contributed by atoms with E-state index < -0.39 is 0 Å². The molecule has 4 nitrogen and oxygen atoms in total. The maximum Gasteiger partial charge on any atom is 0.308 e. The summed E-state index contributed by atoms with van der Waals surface area (Å²) in [6, 6.07) is 10.4. The topological polar surface area (TPSA) is 42.3 Å². The van der Waals surface area contributed by atoms with Crippen LogP contribution in [0, 0.1) is 13.8 Å². The molecule has 0 unspecified atom stereocenters. The van der Waals surface area contributed by atoms with Gasteiger partial charge in [-0.1, -0.05) is 41.7 Å². The summed E-state index contributed by atoms with van der Waals surface area (Å²) < 4.78 is 1.61. The summed E-state index contributed by atoms with van der Waals surface area (Å²) in [5.74, 6) is 0.353. The van der Waals surface area contributed by atoms with E-state index in [-0.39, 0.29) is 22.9 Å². The molecule has 1 aliphatic heterocycles. The highest BCUT2D eigenvalue weighted by Crippen LogP contribution is 2.41. The van der Waals surface area contributed by atoms with Crippen molar-refractivity contribution in [1.29, 1.82) is 0 Å². The molecule has 2 aromatic rings. The van der Waals surface area contributed by atoms with E-state index in [0.29, 0.717) is 5.92 Å². The van der Waals surface area contributed by atoms with Crippen molar-refractivity contribution in [3.63, 3.8) is 0 Å². The Morgan fingerprint density at radius 2 is 1.92 bits per heavy atom. The molecule has 1 amide bonds. The molecule has 2 heterocycles. The largest absolute Gasteiger partial charge is 0.335 e. The van der Waals surface area contributed by atoms with Crippen LogP contribution in [0.3, 0.4) is 0 Å². The average molecular weight is 344 g/mol. The number of aromatic nitrogens is 1. The van der Waals surface area contributed by atoms with Crippen LogP contribution in [0.25, 0.3) is 0 Å². The maximum atomic E-state index is 12.9. The lowest BCUT2D eigenvalue weighted by Gasteiger charge is -2.36. The molecular formula is C19H24N2O2S. The van der Waals surface area contributed by atoms with E-state index in [0.717, 1.165) is 23.5 Å². The van der Waals surface area contributed by atoms with Crippen molar-refractivity contribution in [3.8, 4) is 0 Å². The van der Waals surface area contributed by atoms with E-state index in [9.17, 15) is 9.59 Å².